The summed E-state index contributed by atoms with van der Waals surface area (Å²) in [6.07, 6.45) is 0.376. The van der Waals surface area contributed by atoms with Crippen LogP contribution in [0.1, 0.15) is 23.6 Å². The molecule has 2 aromatic carbocycles. The van der Waals surface area contributed by atoms with Crippen LogP contribution in [-0.4, -0.2) is 49.6 Å². The first-order chi connectivity index (χ1) is 13.9. The first-order valence-electron chi connectivity index (χ1n) is 9.92. The number of amides is 1. The van der Waals surface area contributed by atoms with Crippen LogP contribution in [0.25, 0.3) is 10.2 Å². The summed E-state index contributed by atoms with van der Waals surface area (Å²) in [7, 11) is 4.03. The molecule has 0 aliphatic carbocycles. The summed E-state index contributed by atoms with van der Waals surface area (Å²) in [6, 6.07) is 12.1. The van der Waals surface area contributed by atoms with Crippen LogP contribution in [0.5, 0.6) is 5.75 Å². The second-order valence-corrected chi connectivity index (χ2v) is 8.52. The highest BCUT2D eigenvalue weighted by Gasteiger charge is 2.21. The summed E-state index contributed by atoms with van der Waals surface area (Å²) in [5, 5.41) is 0.741. The van der Waals surface area contributed by atoms with Gasteiger partial charge in [-0.15, -0.1) is 0 Å². The van der Waals surface area contributed by atoms with E-state index in [2.05, 4.69) is 36.9 Å². The molecule has 0 atom stereocenters. The van der Waals surface area contributed by atoms with Crippen molar-refractivity contribution in [3.05, 3.63) is 53.1 Å². The van der Waals surface area contributed by atoms with E-state index in [-0.39, 0.29) is 5.91 Å². The number of carbonyl (C=O) groups is 1. The van der Waals surface area contributed by atoms with Crippen LogP contribution in [-0.2, 0) is 11.2 Å². The SMILES string of the molecule is CCOc1ccc2nc(N(CCN(C)C)C(=O)Cc3cc(C)ccc3C)sc2c1. The fraction of sp³-hybridized carbons (Fsp3) is 0.391. The van der Waals surface area contributed by atoms with Gasteiger partial charge in [-0.1, -0.05) is 35.1 Å². The molecular formula is C23H29N3O2S. The highest BCUT2D eigenvalue weighted by molar-refractivity contribution is 7.22. The van der Waals surface area contributed by atoms with Gasteiger partial charge < -0.3 is 9.64 Å². The highest BCUT2D eigenvalue weighted by Crippen LogP contribution is 2.32. The predicted molar refractivity (Wildman–Crippen MR) is 121 cm³/mol. The Bertz CT molecular complexity index is 997. The molecule has 0 aliphatic heterocycles. The largest absolute Gasteiger partial charge is 0.494 e. The van der Waals surface area contributed by atoms with Gasteiger partial charge in [0.25, 0.3) is 0 Å². The number of likely N-dealkylation sites (N-methyl/N-ethyl adjacent to an activating group) is 1. The molecule has 29 heavy (non-hydrogen) atoms. The van der Waals surface area contributed by atoms with Gasteiger partial charge in [0.15, 0.2) is 5.13 Å². The molecule has 154 valence electrons. The number of hydrogen-bond acceptors (Lipinski definition) is 5. The zero-order valence-corrected chi connectivity index (χ0v) is 18.7. The van der Waals surface area contributed by atoms with Gasteiger partial charge in [0.1, 0.15) is 5.75 Å². The maximum Gasteiger partial charge on any atom is 0.233 e. The number of ether oxygens (including phenoxy) is 1. The smallest absolute Gasteiger partial charge is 0.233 e. The monoisotopic (exact) mass is 411 g/mol. The second-order valence-electron chi connectivity index (χ2n) is 7.51. The van der Waals surface area contributed by atoms with E-state index in [1.165, 1.54) is 16.9 Å². The summed E-state index contributed by atoms with van der Waals surface area (Å²) in [5.74, 6) is 0.904. The lowest BCUT2D eigenvalue weighted by Gasteiger charge is -2.22. The van der Waals surface area contributed by atoms with Gasteiger partial charge in [0.05, 0.1) is 23.2 Å². The third-order valence-electron chi connectivity index (χ3n) is 4.81. The van der Waals surface area contributed by atoms with E-state index in [0.717, 1.165) is 38.8 Å². The van der Waals surface area contributed by atoms with Gasteiger partial charge >= 0.3 is 0 Å². The number of fused-ring (bicyclic) bond motifs is 1. The first-order valence-corrected chi connectivity index (χ1v) is 10.7. The van der Waals surface area contributed by atoms with Crippen molar-refractivity contribution in [1.82, 2.24) is 9.88 Å². The van der Waals surface area contributed by atoms with Crippen molar-refractivity contribution in [2.45, 2.75) is 27.2 Å². The van der Waals surface area contributed by atoms with E-state index in [1.54, 1.807) is 0 Å². The Hall–Kier alpha value is -2.44. The van der Waals surface area contributed by atoms with Crippen molar-refractivity contribution in [2.24, 2.45) is 0 Å². The van der Waals surface area contributed by atoms with Crippen LogP contribution < -0.4 is 9.64 Å². The minimum absolute atomic E-state index is 0.0737. The second kappa shape index (κ2) is 9.37. The van der Waals surface area contributed by atoms with Crippen LogP contribution in [0.3, 0.4) is 0 Å². The van der Waals surface area contributed by atoms with Gasteiger partial charge in [0, 0.05) is 13.1 Å². The van der Waals surface area contributed by atoms with Crippen LogP contribution >= 0.6 is 11.3 Å². The molecule has 1 heterocycles. The number of carbonyl (C=O) groups excluding carboxylic acids is 1. The van der Waals surface area contributed by atoms with Gasteiger partial charge in [0.2, 0.25) is 5.91 Å². The van der Waals surface area contributed by atoms with Gasteiger partial charge in [-0.2, -0.15) is 0 Å². The van der Waals surface area contributed by atoms with Crippen molar-refractivity contribution < 1.29 is 9.53 Å². The van der Waals surface area contributed by atoms with E-state index in [0.29, 0.717) is 19.6 Å². The van der Waals surface area contributed by atoms with E-state index in [4.69, 9.17) is 9.72 Å². The molecule has 0 unspecified atom stereocenters. The van der Waals surface area contributed by atoms with E-state index in [9.17, 15) is 4.79 Å². The van der Waals surface area contributed by atoms with E-state index in [1.807, 2.05) is 44.1 Å². The van der Waals surface area contributed by atoms with E-state index < -0.39 is 0 Å². The molecule has 3 aromatic rings. The lowest BCUT2D eigenvalue weighted by molar-refractivity contribution is -0.118. The number of rotatable bonds is 8. The summed E-state index contributed by atoms with van der Waals surface area (Å²) >= 11 is 1.54. The Morgan fingerprint density at radius 2 is 1.90 bits per heavy atom. The van der Waals surface area contributed by atoms with Crippen molar-refractivity contribution >= 4 is 32.6 Å². The van der Waals surface area contributed by atoms with Crippen LogP contribution in [0, 0.1) is 13.8 Å². The highest BCUT2D eigenvalue weighted by atomic mass is 32.1. The number of thiazole rings is 1. The van der Waals surface area contributed by atoms with Crippen molar-refractivity contribution in [2.75, 3.05) is 38.7 Å². The summed E-state index contributed by atoms with van der Waals surface area (Å²) in [6.45, 7) is 8.09. The predicted octanol–water partition coefficient (Wildman–Crippen LogP) is 4.45. The number of anilines is 1. The molecule has 0 spiro atoms. The fourth-order valence-electron chi connectivity index (χ4n) is 3.14. The number of hydrogen-bond donors (Lipinski definition) is 0. The summed E-state index contributed by atoms with van der Waals surface area (Å²) in [4.78, 5) is 21.9. The third-order valence-corrected chi connectivity index (χ3v) is 5.85. The molecular weight excluding hydrogens is 382 g/mol. The summed E-state index contributed by atoms with van der Waals surface area (Å²) in [5.41, 5.74) is 4.27. The standard InChI is InChI=1S/C23H29N3O2S/c1-6-28-19-9-10-20-21(15-19)29-23(24-20)26(12-11-25(4)5)22(27)14-18-13-16(2)7-8-17(18)3/h7-10,13,15H,6,11-12,14H2,1-5H3. The molecule has 5 nitrogen and oxygen atoms in total. The molecule has 1 aromatic heterocycles. The first kappa shape index (κ1) is 21.3. The maximum atomic E-state index is 13.3. The van der Waals surface area contributed by atoms with Crippen molar-refractivity contribution in [1.29, 1.82) is 0 Å². The number of aryl methyl sites for hydroxylation is 2. The molecule has 0 N–H and O–H groups in total. The quantitative estimate of drug-likeness (QED) is 0.549. The molecule has 0 saturated carbocycles. The molecule has 0 radical (unpaired) electrons. The van der Waals surface area contributed by atoms with Crippen LogP contribution in [0.2, 0.25) is 0 Å². The van der Waals surface area contributed by atoms with Crippen molar-refractivity contribution in [3.8, 4) is 5.75 Å². The minimum atomic E-state index is 0.0737. The van der Waals surface area contributed by atoms with Gasteiger partial charge in [-0.25, -0.2) is 4.98 Å². The Morgan fingerprint density at radius 3 is 2.62 bits per heavy atom. The molecule has 0 aliphatic rings. The van der Waals surface area contributed by atoms with Gasteiger partial charge in [-0.05, 0) is 64.2 Å². The topological polar surface area (TPSA) is 45.7 Å². The van der Waals surface area contributed by atoms with Crippen LogP contribution in [0.4, 0.5) is 5.13 Å². The molecule has 0 bridgehead atoms. The molecule has 1 amide bonds. The molecule has 6 heteroatoms. The summed E-state index contributed by atoms with van der Waals surface area (Å²) < 4.78 is 6.63. The Morgan fingerprint density at radius 1 is 1.10 bits per heavy atom. The average Bonchev–Trinajstić information content (AvgIpc) is 3.08. The lowest BCUT2D eigenvalue weighted by atomic mass is 10.0. The minimum Gasteiger partial charge on any atom is -0.494 e. The molecule has 3 rings (SSSR count). The average molecular weight is 412 g/mol. The van der Waals surface area contributed by atoms with Crippen LogP contribution in [0.15, 0.2) is 36.4 Å². The molecule has 0 fully saturated rings. The number of benzene rings is 2. The van der Waals surface area contributed by atoms with Gasteiger partial charge in [-0.3, -0.25) is 9.69 Å². The normalized spacial score (nSPS) is 11.2. The van der Waals surface area contributed by atoms with Crippen molar-refractivity contribution in [3.63, 3.8) is 0 Å². The Kier molecular flexibility index (Phi) is 6.87. The number of nitrogens with zero attached hydrogens (tertiary/aromatic N) is 3. The van der Waals surface area contributed by atoms with E-state index >= 15 is 0 Å². The fourth-order valence-corrected chi connectivity index (χ4v) is 4.18. The Labute approximate surface area is 176 Å². The zero-order chi connectivity index (χ0) is 21.0. The number of aromatic nitrogens is 1. The third kappa shape index (κ3) is 5.34. The maximum absolute atomic E-state index is 13.3. The zero-order valence-electron chi connectivity index (χ0n) is 17.9. The Balaban J connectivity index is 1.90. The molecule has 0 saturated heterocycles. The lowest BCUT2D eigenvalue weighted by Crippen LogP contribution is -2.37.